The molecule has 1 amide bonds. The van der Waals surface area contributed by atoms with E-state index in [4.69, 9.17) is 0 Å². The molecule has 11 heteroatoms. The maximum Gasteiger partial charge on any atom is 0.408 e. The molecule has 0 aliphatic carbocycles. The molecule has 1 aliphatic heterocycles. The van der Waals surface area contributed by atoms with Crippen LogP contribution in [0.1, 0.15) is 29.0 Å². The lowest BCUT2D eigenvalue weighted by atomic mass is 10.2. The van der Waals surface area contributed by atoms with E-state index >= 15 is 0 Å². The van der Waals surface area contributed by atoms with Crippen molar-refractivity contribution in [3.63, 3.8) is 0 Å². The molecule has 29 heavy (non-hydrogen) atoms. The molecular formula is C18H16F4N6O. The molecule has 0 aromatic carbocycles. The summed E-state index contributed by atoms with van der Waals surface area (Å²) in [5.74, 6) is -1.14. The number of halogens is 4. The third kappa shape index (κ3) is 3.59. The van der Waals surface area contributed by atoms with Crippen LogP contribution in [0.25, 0.3) is 5.65 Å². The number of carbonyl (C=O) groups is 1. The highest BCUT2D eigenvalue weighted by Gasteiger charge is 2.46. The smallest absolute Gasteiger partial charge is 0.343 e. The molecule has 1 saturated heterocycles. The van der Waals surface area contributed by atoms with Crippen molar-refractivity contribution >= 4 is 23.1 Å². The second kappa shape index (κ2) is 6.98. The zero-order valence-electron chi connectivity index (χ0n) is 15.2. The molecule has 1 aliphatic rings. The lowest BCUT2D eigenvalue weighted by Gasteiger charge is -2.27. The number of rotatable bonds is 3. The Kier molecular flexibility index (Phi) is 4.59. The number of imidazole rings is 1. The lowest BCUT2D eigenvalue weighted by molar-refractivity contribution is -0.146. The van der Waals surface area contributed by atoms with Crippen LogP contribution >= 0.6 is 0 Å². The van der Waals surface area contributed by atoms with Gasteiger partial charge >= 0.3 is 6.18 Å². The van der Waals surface area contributed by atoms with Crippen LogP contribution in [0.15, 0.2) is 30.6 Å². The van der Waals surface area contributed by atoms with E-state index in [9.17, 15) is 22.4 Å². The minimum absolute atomic E-state index is 0.00785. The van der Waals surface area contributed by atoms with Gasteiger partial charge in [-0.3, -0.25) is 9.78 Å². The summed E-state index contributed by atoms with van der Waals surface area (Å²) >= 11 is 0. The average molecular weight is 408 g/mol. The first-order valence-corrected chi connectivity index (χ1v) is 8.85. The standard InChI is InChI=1S/C18H16F4N6O/c1-10-16(17(29)25-12-7-11(19)8-23-9-12)28-14(24-10)4-5-15(26-28)27-6-2-3-13(27)18(20,21)22/h4-5,7-9,13H,2-3,6H2,1H3,(H,25,29). The number of aryl methyl sites for hydroxylation is 1. The van der Waals surface area contributed by atoms with Crippen molar-refractivity contribution < 1.29 is 22.4 Å². The van der Waals surface area contributed by atoms with Gasteiger partial charge in [0.2, 0.25) is 0 Å². The summed E-state index contributed by atoms with van der Waals surface area (Å²) in [5, 5.41) is 6.76. The third-order valence-corrected chi connectivity index (χ3v) is 4.74. The second-order valence-corrected chi connectivity index (χ2v) is 6.75. The fourth-order valence-corrected chi connectivity index (χ4v) is 3.50. The molecule has 0 saturated carbocycles. The van der Waals surface area contributed by atoms with Gasteiger partial charge in [-0.05, 0) is 31.9 Å². The van der Waals surface area contributed by atoms with Crippen LogP contribution in [0.2, 0.25) is 0 Å². The summed E-state index contributed by atoms with van der Waals surface area (Å²) in [6.07, 6.45) is -1.71. The fourth-order valence-electron chi connectivity index (χ4n) is 3.50. The van der Waals surface area contributed by atoms with E-state index in [1.165, 1.54) is 27.7 Å². The number of fused-ring (bicyclic) bond motifs is 1. The Hall–Kier alpha value is -3.24. The molecule has 3 aromatic rings. The largest absolute Gasteiger partial charge is 0.408 e. The molecule has 1 fully saturated rings. The van der Waals surface area contributed by atoms with Crippen LogP contribution in [0, 0.1) is 12.7 Å². The summed E-state index contributed by atoms with van der Waals surface area (Å²) in [4.78, 5) is 21.8. The monoisotopic (exact) mass is 408 g/mol. The molecular weight excluding hydrogens is 392 g/mol. The second-order valence-electron chi connectivity index (χ2n) is 6.75. The Labute approximate surface area is 162 Å². The first-order valence-electron chi connectivity index (χ1n) is 8.85. The highest BCUT2D eigenvalue weighted by molar-refractivity contribution is 6.04. The van der Waals surface area contributed by atoms with Crippen LogP contribution in [0.3, 0.4) is 0 Å². The number of anilines is 2. The number of hydrogen-bond acceptors (Lipinski definition) is 5. The van der Waals surface area contributed by atoms with Gasteiger partial charge in [0.05, 0.1) is 23.8 Å². The molecule has 1 unspecified atom stereocenters. The van der Waals surface area contributed by atoms with Crippen LogP contribution in [-0.2, 0) is 0 Å². The van der Waals surface area contributed by atoms with E-state index in [-0.39, 0.29) is 30.2 Å². The van der Waals surface area contributed by atoms with Crippen LogP contribution in [-0.4, -0.2) is 44.3 Å². The van der Waals surface area contributed by atoms with E-state index in [0.29, 0.717) is 17.8 Å². The fraction of sp³-hybridized carbons (Fsp3) is 0.333. The summed E-state index contributed by atoms with van der Waals surface area (Å²) in [6, 6.07) is 2.46. The molecule has 0 bridgehead atoms. The topological polar surface area (TPSA) is 75.4 Å². The molecule has 3 aromatic heterocycles. The number of aromatic nitrogens is 4. The predicted molar refractivity (Wildman–Crippen MR) is 96.3 cm³/mol. The van der Waals surface area contributed by atoms with Crippen LogP contribution in [0.5, 0.6) is 0 Å². The van der Waals surface area contributed by atoms with Crippen molar-refractivity contribution in [2.45, 2.75) is 32.0 Å². The minimum atomic E-state index is -4.37. The molecule has 7 nitrogen and oxygen atoms in total. The zero-order valence-corrected chi connectivity index (χ0v) is 15.2. The van der Waals surface area contributed by atoms with Gasteiger partial charge in [-0.1, -0.05) is 0 Å². The number of nitrogens with zero attached hydrogens (tertiary/aromatic N) is 5. The number of alkyl halides is 3. The summed E-state index contributed by atoms with van der Waals surface area (Å²) < 4.78 is 54.4. The van der Waals surface area contributed by atoms with Crippen molar-refractivity contribution in [1.29, 1.82) is 0 Å². The minimum Gasteiger partial charge on any atom is -0.343 e. The number of amides is 1. The molecule has 4 rings (SSSR count). The molecule has 0 spiro atoms. The summed E-state index contributed by atoms with van der Waals surface area (Å²) in [6.45, 7) is 1.80. The van der Waals surface area contributed by atoms with Gasteiger partial charge in [-0.25, -0.2) is 13.9 Å². The number of nitrogens with one attached hydrogen (secondary N) is 1. The number of hydrogen-bond donors (Lipinski definition) is 1. The van der Waals surface area contributed by atoms with E-state index in [2.05, 4.69) is 20.4 Å². The molecule has 1 atom stereocenters. The molecule has 152 valence electrons. The average Bonchev–Trinajstić information content (AvgIpc) is 3.24. The predicted octanol–water partition coefficient (Wildman–Crippen LogP) is 3.36. The first-order chi connectivity index (χ1) is 13.7. The molecule has 4 heterocycles. The van der Waals surface area contributed by atoms with Gasteiger partial charge in [0.25, 0.3) is 5.91 Å². The number of pyridine rings is 1. The maximum absolute atomic E-state index is 13.3. The Morgan fingerprint density at radius 2 is 2.07 bits per heavy atom. The Morgan fingerprint density at radius 3 is 2.79 bits per heavy atom. The lowest BCUT2D eigenvalue weighted by Crippen LogP contribution is -2.41. The van der Waals surface area contributed by atoms with Crippen molar-refractivity contribution in [2.24, 2.45) is 0 Å². The highest BCUT2D eigenvalue weighted by atomic mass is 19.4. The van der Waals surface area contributed by atoms with Crippen LogP contribution < -0.4 is 10.2 Å². The Balaban J connectivity index is 1.71. The van der Waals surface area contributed by atoms with Gasteiger partial charge in [-0.15, -0.1) is 5.10 Å². The van der Waals surface area contributed by atoms with Gasteiger partial charge in [-0.2, -0.15) is 13.2 Å². The Morgan fingerprint density at radius 1 is 1.28 bits per heavy atom. The van der Waals surface area contributed by atoms with Crippen molar-refractivity contribution in [3.8, 4) is 0 Å². The van der Waals surface area contributed by atoms with E-state index < -0.39 is 23.9 Å². The highest BCUT2D eigenvalue weighted by Crippen LogP contribution is 2.35. The quantitative estimate of drug-likeness (QED) is 0.673. The van der Waals surface area contributed by atoms with Gasteiger partial charge in [0.15, 0.2) is 11.3 Å². The van der Waals surface area contributed by atoms with Crippen molar-refractivity contribution in [3.05, 3.63) is 47.8 Å². The van der Waals surface area contributed by atoms with E-state index in [1.807, 2.05) is 0 Å². The van der Waals surface area contributed by atoms with E-state index in [0.717, 1.165) is 12.3 Å². The van der Waals surface area contributed by atoms with Crippen molar-refractivity contribution in [1.82, 2.24) is 19.6 Å². The first kappa shape index (κ1) is 19.1. The van der Waals surface area contributed by atoms with Gasteiger partial charge < -0.3 is 10.2 Å². The van der Waals surface area contributed by atoms with Crippen molar-refractivity contribution in [2.75, 3.05) is 16.8 Å². The third-order valence-electron chi connectivity index (χ3n) is 4.74. The van der Waals surface area contributed by atoms with Gasteiger partial charge in [0, 0.05) is 12.6 Å². The maximum atomic E-state index is 13.3. The molecule has 1 N–H and O–H groups in total. The Bertz CT molecular complexity index is 1080. The number of carbonyl (C=O) groups excluding carboxylic acids is 1. The summed E-state index contributed by atoms with van der Waals surface area (Å²) in [5.41, 5.74) is 0.841. The SMILES string of the molecule is Cc1nc2ccc(N3CCCC3C(F)(F)F)nn2c1C(=O)Nc1cncc(F)c1. The zero-order chi connectivity index (χ0) is 20.8. The normalized spacial score (nSPS) is 17.1. The van der Waals surface area contributed by atoms with Gasteiger partial charge in [0.1, 0.15) is 17.7 Å². The summed E-state index contributed by atoms with van der Waals surface area (Å²) in [7, 11) is 0. The van der Waals surface area contributed by atoms with E-state index in [1.54, 1.807) is 6.92 Å². The van der Waals surface area contributed by atoms with Crippen LogP contribution in [0.4, 0.5) is 29.1 Å². The molecule has 0 radical (unpaired) electrons.